The average molecular weight is 268 g/mol. The van der Waals surface area contributed by atoms with Gasteiger partial charge in [0.15, 0.2) is 0 Å². The van der Waals surface area contributed by atoms with Crippen LogP contribution in [0.1, 0.15) is 18.4 Å². The van der Waals surface area contributed by atoms with Crippen molar-refractivity contribution in [2.45, 2.75) is 18.9 Å². The van der Waals surface area contributed by atoms with E-state index in [4.69, 9.17) is 18.0 Å². The molecule has 0 amide bonds. The molecule has 2 rings (SSSR count). The zero-order chi connectivity index (χ0) is 12.3. The summed E-state index contributed by atoms with van der Waals surface area (Å²) in [5, 5.41) is 3.45. The van der Waals surface area contributed by atoms with E-state index in [9.17, 15) is 4.21 Å². The van der Waals surface area contributed by atoms with E-state index in [1.807, 2.05) is 24.3 Å². The second-order valence-corrected chi connectivity index (χ2v) is 6.34. The normalized spacial score (nSPS) is 24.2. The Kier molecular flexibility index (Phi) is 4.12. The van der Waals surface area contributed by atoms with Crippen molar-refractivity contribution in [3.63, 3.8) is 0 Å². The van der Waals surface area contributed by atoms with Gasteiger partial charge >= 0.3 is 0 Å². The van der Waals surface area contributed by atoms with Crippen molar-refractivity contribution in [3.8, 4) is 0 Å². The van der Waals surface area contributed by atoms with Gasteiger partial charge in [0, 0.05) is 39.6 Å². The van der Waals surface area contributed by atoms with Crippen molar-refractivity contribution in [1.29, 1.82) is 0 Å². The van der Waals surface area contributed by atoms with E-state index in [2.05, 4.69) is 5.32 Å². The van der Waals surface area contributed by atoms with Gasteiger partial charge in [0.1, 0.15) is 4.99 Å². The SMILES string of the molecule is NC(=S)c1ccc(NC2CCS(=O)CC2)cc1. The number of hydrogen-bond acceptors (Lipinski definition) is 3. The van der Waals surface area contributed by atoms with Gasteiger partial charge in [-0.2, -0.15) is 0 Å². The summed E-state index contributed by atoms with van der Waals surface area (Å²) in [4.78, 5) is 0.421. The lowest BCUT2D eigenvalue weighted by Gasteiger charge is -2.23. The maximum absolute atomic E-state index is 11.2. The third-order valence-electron chi connectivity index (χ3n) is 2.93. The van der Waals surface area contributed by atoms with Gasteiger partial charge in [0.2, 0.25) is 0 Å². The quantitative estimate of drug-likeness (QED) is 0.818. The van der Waals surface area contributed by atoms with Gasteiger partial charge in [-0.3, -0.25) is 4.21 Å². The van der Waals surface area contributed by atoms with E-state index in [1.54, 1.807) is 0 Å². The zero-order valence-corrected chi connectivity index (χ0v) is 11.2. The molecule has 0 unspecified atom stereocenters. The van der Waals surface area contributed by atoms with E-state index >= 15 is 0 Å². The maximum atomic E-state index is 11.2. The van der Waals surface area contributed by atoms with E-state index in [1.165, 1.54) is 0 Å². The number of nitrogens with two attached hydrogens (primary N) is 1. The van der Waals surface area contributed by atoms with Crippen molar-refractivity contribution < 1.29 is 4.21 Å². The number of rotatable bonds is 3. The van der Waals surface area contributed by atoms with Crippen LogP contribution in [-0.2, 0) is 10.8 Å². The Bertz CT molecular complexity index is 421. The monoisotopic (exact) mass is 268 g/mol. The maximum Gasteiger partial charge on any atom is 0.103 e. The third-order valence-corrected chi connectivity index (χ3v) is 4.55. The molecular formula is C12H16N2OS2. The van der Waals surface area contributed by atoms with Crippen molar-refractivity contribution in [2.24, 2.45) is 5.73 Å². The molecule has 0 atom stereocenters. The first-order valence-corrected chi connectivity index (χ1v) is 7.56. The highest BCUT2D eigenvalue weighted by molar-refractivity contribution is 7.85. The lowest BCUT2D eigenvalue weighted by atomic mass is 10.1. The molecule has 0 radical (unpaired) electrons. The molecule has 1 fully saturated rings. The van der Waals surface area contributed by atoms with Gasteiger partial charge in [0.25, 0.3) is 0 Å². The highest BCUT2D eigenvalue weighted by Crippen LogP contribution is 2.16. The minimum absolute atomic E-state index is 0.421. The van der Waals surface area contributed by atoms with Crippen molar-refractivity contribution in [3.05, 3.63) is 29.8 Å². The molecule has 17 heavy (non-hydrogen) atoms. The fourth-order valence-electron chi connectivity index (χ4n) is 1.90. The molecule has 0 bridgehead atoms. The van der Waals surface area contributed by atoms with Crippen LogP contribution in [-0.4, -0.2) is 26.7 Å². The first kappa shape index (κ1) is 12.5. The van der Waals surface area contributed by atoms with Gasteiger partial charge in [-0.15, -0.1) is 0 Å². The highest BCUT2D eigenvalue weighted by Gasteiger charge is 2.17. The molecule has 0 aromatic heterocycles. The van der Waals surface area contributed by atoms with Crippen molar-refractivity contribution in [2.75, 3.05) is 16.8 Å². The van der Waals surface area contributed by atoms with Gasteiger partial charge in [0.05, 0.1) is 0 Å². The lowest BCUT2D eigenvalue weighted by Crippen LogP contribution is -2.29. The summed E-state index contributed by atoms with van der Waals surface area (Å²) >= 11 is 4.90. The number of nitrogens with one attached hydrogen (secondary N) is 1. The van der Waals surface area contributed by atoms with Crippen LogP contribution in [0.5, 0.6) is 0 Å². The highest BCUT2D eigenvalue weighted by atomic mass is 32.2. The van der Waals surface area contributed by atoms with Gasteiger partial charge < -0.3 is 11.1 Å². The topological polar surface area (TPSA) is 55.1 Å². The molecule has 3 nitrogen and oxygen atoms in total. The van der Waals surface area contributed by atoms with Crippen molar-refractivity contribution in [1.82, 2.24) is 0 Å². The second-order valence-electron chi connectivity index (χ2n) is 4.21. The third kappa shape index (κ3) is 3.51. The molecule has 1 aliphatic heterocycles. The van der Waals surface area contributed by atoms with Gasteiger partial charge in [-0.25, -0.2) is 0 Å². The molecular weight excluding hydrogens is 252 g/mol. The standard InChI is InChI=1S/C12H16N2OS2/c13-12(16)9-1-3-10(4-2-9)14-11-5-7-17(15)8-6-11/h1-4,11,14H,5-8H2,(H2,13,16). The fraction of sp³-hybridized carbons (Fsp3) is 0.417. The molecule has 0 aliphatic carbocycles. The Morgan fingerprint density at radius 3 is 2.41 bits per heavy atom. The molecule has 92 valence electrons. The summed E-state index contributed by atoms with van der Waals surface area (Å²) in [5.74, 6) is 1.62. The second kappa shape index (κ2) is 5.60. The average Bonchev–Trinajstić information content (AvgIpc) is 2.33. The molecule has 1 heterocycles. The van der Waals surface area contributed by atoms with Crippen LogP contribution in [0.25, 0.3) is 0 Å². The van der Waals surface area contributed by atoms with Crippen LogP contribution in [0.4, 0.5) is 5.69 Å². The fourth-order valence-corrected chi connectivity index (χ4v) is 3.34. The van der Waals surface area contributed by atoms with Crippen LogP contribution in [0.15, 0.2) is 24.3 Å². The lowest BCUT2D eigenvalue weighted by molar-refractivity contribution is 0.624. The number of hydrogen-bond donors (Lipinski definition) is 2. The molecule has 0 saturated carbocycles. The summed E-state index contributed by atoms with van der Waals surface area (Å²) < 4.78 is 11.2. The molecule has 1 aliphatic rings. The van der Waals surface area contributed by atoms with Crippen LogP contribution in [0.3, 0.4) is 0 Å². The molecule has 1 aromatic carbocycles. The van der Waals surface area contributed by atoms with Crippen LogP contribution >= 0.6 is 12.2 Å². The Morgan fingerprint density at radius 1 is 1.29 bits per heavy atom. The minimum atomic E-state index is -0.602. The van der Waals surface area contributed by atoms with Crippen LogP contribution in [0.2, 0.25) is 0 Å². The summed E-state index contributed by atoms with van der Waals surface area (Å²) in [6.07, 6.45) is 1.95. The van der Waals surface area contributed by atoms with E-state index in [0.29, 0.717) is 11.0 Å². The van der Waals surface area contributed by atoms with Gasteiger partial charge in [-0.1, -0.05) is 12.2 Å². The summed E-state index contributed by atoms with van der Waals surface area (Å²) in [7, 11) is -0.602. The van der Waals surface area contributed by atoms with E-state index in [-0.39, 0.29) is 0 Å². The smallest absolute Gasteiger partial charge is 0.103 e. The zero-order valence-electron chi connectivity index (χ0n) is 9.52. The predicted molar refractivity (Wildman–Crippen MR) is 76.9 cm³/mol. The molecule has 0 spiro atoms. The van der Waals surface area contributed by atoms with Crippen molar-refractivity contribution >= 4 is 33.7 Å². The summed E-state index contributed by atoms with van der Waals surface area (Å²) in [5.41, 5.74) is 7.50. The first-order chi connectivity index (χ1) is 8.15. The summed E-state index contributed by atoms with van der Waals surface area (Å²) in [6.45, 7) is 0. The summed E-state index contributed by atoms with van der Waals surface area (Å²) in [6, 6.07) is 8.25. The Morgan fingerprint density at radius 2 is 1.88 bits per heavy atom. The van der Waals surface area contributed by atoms with E-state index in [0.717, 1.165) is 35.6 Å². The Balaban J connectivity index is 1.95. The number of benzene rings is 1. The molecule has 3 N–H and O–H groups in total. The predicted octanol–water partition coefficient (Wildman–Crippen LogP) is 1.64. The largest absolute Gasteiger partial charge is 0.389 e. The van der Waals surface area contributed by atoms with Crippen LogP contribution in [0, 0.1) is 0 Å². The minimum Gasteiger partial charge on any atom is -0.389 e. The molecule has 1 saturated heterocycles. The molecule has 5 heteroatoms. The van der Waals surface area contributed by atoms with Crippen LogP contribution < -0.4 is 11.1 Å². The van der Waals surface area contributed by atoms with Gasteiger partial charge in [-0.05, 0) is 37.1 Å². The number of thiocarbonyl (C=S) groups is 1. The Labute approximate surface area is 109 Å². The Hall–Kier alpha value is -0.940. The molecule has 1 aromatic rings. The number of anilines is 1. The first-order valence-electron chi connectivity index (χ1n) is 5.66. The van der Waals surface area contributed by atoms with E-state index < -0.39 is 10.8 Å².